The number of hydrogen-bond donors (Lipinski definition) is 2. The van der Waals surface area contributed by atoms with Gasteiger partial charge in [-0.05, 0) is 55.4 Å². The number of thiocarbonyl (C=S) groups is 1. The molecule has 1 aliphatic heterocycles. The number of carbonyl (C=O) groups excluding carboxylic acids is 1. The van der Waals surface area contributed by atoms with E-state index in [0.717, 1.165) is 41.9 Å². The first-order valence-corrected chi connectivity index (χ1v) is 10.8. The van der Waals surface area contributed by atoms with E-state index < -0.39 is 10.8 Å². The Morgan fingerprint density at radius 2 is 2.03 bits per heavy atom. The van der Waals surface area contributed by atoms with Crippen LogP contribution in [0, 0.1) is 10.1 Å². The number of nitrogens with one attached hydrogen (secondary N) is 2. The molecule has 2 aromatic carbocycles. The highest BCUT2D eigenvalue weighted by Gasteiger charge is 2.24. The van der Waals surface area contributed by atoms with Crippen molar-refractivity contribution in [3.63, 3.8) is 0 Å². The van der Waals surface area contributed by atoms with Crippen LogP contribution in [0.15, 0.2) is 36.4 Å². The number of benzene rings is 2. The summed E-state index contributed by atoms with van der Waals surface area (Å²) in [5.41, 5.74) is 1.38. The number of nitro benzene ring substituents is 1. The molecule has 1 fully saturated rings. The standard InChI is InChI=1S/C20H19N5O4S2/c1-29-13-5-6-14-17(11-13)31-20(21-14)23-19(30)22-18(26)12-4-7-15(16(10-12)25(27)28)24-8-2-3-9-24/h4-7,10-11H,2-3,8-9H2,1H3,(H2,21,22,23,26,30). The lowest BCUT2D eigenvalue weighted by Gasteiger charge is -2.17. The van der Waals surface area contributed by atoms with Gasteiger partial charge in [0.15, 0.2) is 10.2 Å². The maximum absolute atomic E-state index is 12.6. The van der Waals surface area contributed by atoms with Crippen LogP contribution < -0.4 is 20.3 Å². The van der Waals surface area contributed by atoms with E-state index in [1.807, 2.05) is 23.1 Å². The molecule has 11 heteroatoms. The van der Waals surface area contributed by atoms with Gasteiger partial charge in [-0.1, -0.05) is 11.3 Å². The van der Waals surface area contributed by atoms with Gasteiger partial charge in [0.2, 0.25) is 0 Å². The molecular formula is C20H19N5O4S2. The van der Waals surface area contributed by atoms with Crippen LogP contribution in [0.2, 0.25) is 0 Å². The van der Waals surface area contributed by atoms with E-state index in [9.17, 15) is 14.9 Å². The average Bonchev–Trinajstić information content (AvgIpc) is 3.42. The first kappa shape index (κ1) is 20.9. The lowest BCUT2D eigenvalue weighted by atomic mass is 10.1. The molecule has 0 radical (unpaired) electrons. The molecule has 3 aromatic rings. The van der Waals surface area contributed by atoms with E-state index >= 15 is 0 Å². The minimum absolute atomic E-state index is 0.0577. The third-order valence-corrected chi connectivity index (χ3v) is 6.06. The summed E-state index contributed by atoms with van der Waals surface area (Å²) in [7, 11) is 1.59. The summed E-state index contributed by atoms with van der Waals surface area (Å²) < 4.78 is 6.11. The predicted octanol–water partition coefficient (Wildman–Crippen LogP) is 3.94. The second kappa shape index (κ2) is 8.82. The Balaban J connectivity index is 1.46. The van der Waals surface area contributed by atoms with Crippen molar-refractivity contribution in [3.8, 4) is 5.75 Å². The van der Waals surface area contributed by atoms with Crippen molar-refractivity contribution in [3.05, 3.63) is 52.1 Å². The van der Waals surface area contributed by atoms with Crippen molar-refractivity contribution in [2.45, 2.75) is 12.8 Å². The van der Waals surface area contributed by atoms with Gasteiger partial charge in [0.1, 0.15) is 11.4 Å². The second-order valence-electron chi connectivity index (χ2n) is 6.92. The third kappa shape index (κ3) is 4.57. The predicted molar refractivity (Wildman–Crippen MR) is 124 cm³/mol. The highest BCUT2D eigenvalue weighted by Crippen LogP contribution is 2.32. The number of carbonyl (C=O) groups is 1. The molecule has 2 heterocycles. The van der Waals surface area contributed by atoms with E-state index in [0.29, 0.717) is 10.8 Å². The van der Waals surface area contributed by atoms with Crippen molar-refractivity contribution in [2.75, 3.05) is 30.4 Å². The van der Waals surface area contributed by atoms with Crippen LogP contribution in [0.4, 0.5) is 16.5 Å². The first-order valence-electron chi connectivity index (χ1n) is 9.55. The molecule has 4 rings (SSSR count). The Morgan fingerprint density at radius 3 is 2.74 bits per heavy atom. The number of nitrogens with zero attached hydrogens (tertiary/aromatic N) is 3. The molecule has 0 atom stereocenters. The van der Waals surface area contributed by atoms with Gasteiger partial charge in [-0.3, -0.25) is 20.2 Å². The molecule has 0 spiro atoms. The fourth-order valence-corrected chi connectivity index (χ4v) is 4.58. The third-order valence-electron chi connectivity index (χ3n) is 4.92. The Bertz CT molecular complexity index is 1170. The number of thiazole rings is 1. The van der Waals surface area contributed by atoms with Crippen LogP contribution >= 0.6 is 23.6 Å². The zero-order valence-corrected chi connectivity index (χ0v) is 18.2. The van der Waals surface area contributed by atoms with Gasteiger partial charge in [0, 0.05) is 24.7 Å². The zero-order valence-electron chi connectivity index (χ0n) is 16.6. The van der Waals surface area contributed by atoms with Crippen molar-refractivity contribution < 1.29 is 14.5 Å². The number of nitro groups is 1. The van der Waals surface area contributed by atoms with E-state index in [2.05, 4.69) is 15.6 Å². The summed E-state index contributed by atoms with van der Waals surface area (Å²) in [5, 5.41) is 17.6. The van der Waals surface area contributed by atoms with E-state index in [-0.39, 0.29) is 16.4 Å². The molecule has 1 aliphatic rings. The molecule has 9 nitrogen and oxygen atoms in total. The van der Waals surface area contributed by atoms with Crippen LogP contribution in [-0.2, 0) is 0 Å². The maximum atomic E-state index is 12.6. The van der Waals surface area contributed by atoms with E-state index in [4.69, 9.17) is 17.0 Å². The molecule has 1 amide bonds. The number of aromatic nitrogens is 1. The lowest BCUT2D eigenvalue weighted by molar-refractivity contribution is -0.384. The molecule has 0 aliphatic carbocycles. The fourth-order valence-electron chi connectivity index (χ4n) is 3.43. The molecule has 0 unspecified atom stereocenters. The van der Waals surface area contributed by atoms with Crippen LogP contribution in [-0.4, -0.2) is 41.1 Å². The van der Waals surface area contributed by atoms with Gasteiger partial charge in [-0.15, -0.1) is 0 Å². The van der Waals surface area contributed by atoms with Gasteiger partial charge >= 0.3 is 0 Å². The van der Waals surface area contributed by atoms with Gasteiger partial charge in [0.25, 0.3) is 11.6 Å². The Kier molecular flexibility index (Phi) is 5.96. The largest absolute Gasteiger partial charge is 0.497 e. The summed E-state index contributed by atoms with van der Waals surface area (Å²) in [4.78, 5) is 30.1. The SMILES string of the molecule is COc1ccc2nc(NC(=S)NC(=O)c3ccc(N4CCCC4)c([N+](=O)[O-])c3)sc2c1. The number of methoxy groups -OCH3 is 1. The van der Waals surface area contributed by atoms with Gasteiger partial charge < -0.3 is 15.0 Å². The van der Waals surface area contributed by atoms with Crippen LogP contribution in [0.25, 0.3) is 10.2 Å². The summed E-state index contributed by atoms with van der Waals surface area (Å²) in [6, 6.07) is 9.98. The lowest BCUT2D eigenvalue weighted by Crippen LogP contribution is -2.34. The number of hydrogen-bond acceptors (Lipinski definition) is 8. The minimum Gasteiger partial charge on any atom is -0.497 e. The average molecular weight is 458 g/mol. The van der Waals surface area contributed by atoms with E-state index in [1.54, 1.807) is 19.2 Å². The molecule has 0 saturated carbocycles. The molecule has 31 heavy (non-hydrogen) atoms. The molecule has 2 N–H and O–H groups in total. The summed E-state index contributed by atoms with van der Waals surface area (Å²) in [6.45, 7) is 1.54. The molecule has 160 valence electrons. The fraction of sp³-hybridized carbons (Fsp3) is 0.250. The second-order valence-corrected chi connectivity index (χ2v) is 8.35. The first-order chi connectivity index (χ1) is 14.9. The summed E-state index contributed by atoms with van der Waals surface area (Å²) >= 11 is 6.58. The molecule has 0 bridgehead atoms. The number of anilines is 2. The van der Waals surface area contributed by atoms with Crippen molar-refractivity contribution in [2.24, 2.45) is 0 Å². The number of ether oxygens (including phenoxy) is 1. The van der Waals surface area contributed by atoms with Crippen LogP contribution in [0.3, 0.4) is 0 Å². The number of amides is 1. The Morgan fingerprint density at radius 1 is 1.26 bits per heavy atom. The smallest absolute Gasteiger partial charge is 0.293 e. The van der Waals surface area contributed by atoms with Crippen LogP contribution in [0.1, 0.15) is 23.2 Å². The Labute approximate surface area is 187 Å². The zero-order chi connectivity index (χ0) is 22.0. The normalized spacial score (nSPS) is 13.3. The molecular weight excluding hydrogens is 438 g/mol. The molecule has 1 saturated heterocycles. The summed E-state index contributed by atoms with van der Waals surface area (Å²) in [6.07, 6.45) is 2.00. The van der Waals surface area contributed by atoms with Gasteiger partial charge in [-0.25, -0.2) is 4.98 Å². The van der Waals surface area contributed by atoms with Crippen molar-refractivity contribution in [1.29, 1.82) is 0 Å². The van der Waals surface area contributed by atoms with E-state index in [1.165, 1.54) is 17.4 Å². The highest BCUT2D eigenvalue weighted by atomic mass is 32.1. The summed E-state index contributed by atoms with van der Waals surface area (Å²) in [5.74, 6) is 0.189. The quantitative estimate of drug-likeness (QED) is 0.337. The topological polar surface area (TPSA) is 110 Å². The Hall–Kier alpha value is -3.31. The van der Waals surface area contributed by atoms with Gasteiger partial charge in [0.05, 0.1) is 22.2 Å². The number of fused-ring (bicyclic) bond motifs is 1. The van der Waals surface area contributed by atoms with Crippen molar-refractivity contribution in [1.82, 2.24) is 10.3 Å². The monoisotopic (exact) mass is 457 g/mol. The van der Waals surface area contributed by atoms with Crippen LogP contribution in [0.5, 0.6) is 5.75 Å². The maximum Gasteiger partial charge on any atom is 0.293 e. The van der Waals surface area contributed by atoms with Crippen molar-refractivity contribution >= 4 is 61.3 Å². The number of rotatable bonds is 5. The molecule has 1 aromatic heterocycles. The minimum atomic E-state index is -0.531. The highest BCUT2D eigenvalue weighted by molar-refractivity contribution is 7.80. The van der Waals surface area contributed by atoms with Gasteiger partial charge in [-0.2, -0.15) is 0 Å².